The van der Waals surface area contributed by atoms with E-state index in [2.05, 4.69) is 44.8 Å². The molecule has 1 atom stereocenters. The highest BCUT2D eigenvalue weighted by Crippen LogP contribution is 2.27. The van der Waals surface area contributed by atoms with Crippen molar-refractivity contribution in [1.29, 1.82) is 0 Å². The second kappa shape index (κ2) is 7.82. The molecule has 0 radical (unpaired) electrons. The van der Waals surface area contributed by atoms with Gasteiger partial charge in [0, 0.05) is 43.9 Å². The van der Waals surface area contributed by atoms with Crippen molar-refractivity contribution in [3.8, 4) is 0 Å². The summed E-state index contributed by atoms with van der Waals surface area (Å²) in [6.45, 7) is 8.04. The highest BCUT2D eigenvalue weighted by Gasteiger charge is 2.31. The van der Waals surface area contributed by atoms with Gasteiger partial charge in [0.25, 0.3) is 5.78 Å². The van der Waals surface area contributed by atoms with Crippen LogP contribution in [0, 0.1) is 11.8 Å². The number of likely N-dealkylation sites (tertiary alicyclic amines) is 1. The SMILES string of the molecule is CCCc1cc(N2CCC(C(=O)N3CCCC(C)C3)CC2)n2ncnc2n1. The summed E-state index contributed by atoms with van der Waals surface area (Å²) in [7, 11) is 0. The van der Waals surface area contributed by atoms with Crippen LogP contribution >= 0.6 is 0 Å². The molecule has 2 aliphatic heterocycles. The van der Waals surface area contributed by atoms with Gasteiger partial charge in [-0.3, -0.25) is 4.79 Å². The predicted octanol–water partition coefficient (Wildman–Crippen LogP) is 2.55. The molecule has 2 aliphatic rings. The molecule has 27 heavy (non-hydrogen) atoms. The molecular formula is C20H30N6O. The lowest BCUT2D eigenvalue weighted by atomic mass is 9.92. The minimum Gasteiger partial charge on any atom is -0.356 e. The van der Waals surface area contributed by atoms with E-state index in [-0.39, 0.29) is 5.92 Å². The van der Waals surface area contributed by atoms with Gasteiger partial charge in [-0.25, -0.2) is 4.98 Å². The average molecular weight is 371 g/mol. The van der Waals surface area contributed by atoms with E-state index in [1.165, 1.54) is 6.42 Å². The Balaban J connectivity index is 1.45. The second-order valence-electron chi connectivity index (χ2n) is 8.12. The van der Waals surface area contributed by atoms with E-state index in [4.69, 9.17) is 0 Å². The largest absolute Gasteiger partial charge is 0.356 e. The van der Waals surface area contributed by atoms with Crippen LogP contribution in [0.4, 0.5) is 5.82 Å². The third-order valence-electron chi connectivity index (χ3n) is 5.93. The fraction of sp³-hybridized carbons (Fsp3) is 0.700. The summed E-state index contributed by atoms with van der Waals surface area (Å²) in [6.07, 6.45) is 7.78. The second-order valence-corrected chi connectivity index (χ2v) is 8.12. The summed E-state index contributed by atoms with van der Waals surface area (Å²) in [5, 5.41) is 4.36. The van der Waals surface area contributed by atoms with E-state index in [0.717, 1.165) is 69.8 Å². The van der Waals surface area contributed by atoms with Crippen LogP contribution in [0.25, 0.3) is 5.78 Å². The molecule has 0 saturated carbocycles. The molecular weight excluding hydrogens is 340 g/mol. The number of carbonyl (C=O) groups is 1. The number of anilines is 1. The number of aryl methyl sites for hydroxylation is 1. The lowest BCUT2D eigenvalue weighted by Gasteiger charge is -2.37. The minimum absolute atomic E-state index is 0.162. The van der Waals surface area contributed by atoms with E-state index >= 15 is 0 Å². The van der Waals surface area contributed by atoms with Crippen LogP contribution in [0.3, 0.4) is 0 Å². The highest BCUT2D eigenvalue weighted by molar-refractivity contribution is 5.79. The van der Waals surface area contributed by atoms with Gasteiger partial charge in [0.1, 0.15) is 12.1 Å². The van der Waals surface area contributed by atoms with Gasteiger partial charge in [-0.05, 0) is 38.0 Å². The Kier molecular flexibility index (Phi) is 5.27. The lowest BCUT2D eigenvalue weighted by molar-refractivity contribution is -0.137. The Labute approximate surface area is 160 Å². The molecule has 4 rings (SSSR count). The van der Waals surface area contributed by atoms with Crippen LogP contribution in [-0.2, 0) is 11.2 Å². The van der Waals surface area contributed by atoms with E-state index in [9.17, 15) is 4.79 Å². The molecule has 7 nitrogen and oxygen atoms in total. The fourth-order valence-electron chi connectivity index (χ4n) is 4.46. The summed E-state index contributed by atoms with van der Waals surface area (Å²) in [4.78, 5) is 26.2. The van der Waals surface area contributed by atoms with E-state index in [0.29, 0.717) is 17.6 Å². The summed E-state index contributed by atoms with van der Waals surface area (Å²) in [6, 6.07) is 2.14. The van der Waals surface area contributed by atoms with Crippen molar-refractivity contribution in [3.63, 3.8) is 0 Å². The highest BCUT2D eigenvalue weighted by atomic mass is 16.2. The molecule has 0 N–H and O–H groups in total. The standard InChI is InChI=1S/C20H30N6O/c1-3-5-17-12-18(26-20(23-17)21-14-22-26)24-10-7-16(8-11-24)19(27)25-9-4-6-15(2)13-25/h12,14-16H,3-11,13H2,1-2H3. The first-order valence-corrected chi connectivity index (χ1v) is 10.4. The molecule has 1 amide bonds. The maximum Gasteiger partial charge on any atom is 0.254 e. The third-order valence-corrected chi connectivity index (χ3v) is 5.93. The number of carbonyl (C=O) groups excluding carboxylic acids is 1. The molecule has 0 spiro atoms. The number of hydrogen-bond donors (Lipinski definition) is 0. The zero-order chi connectivity index (χ0) is 18.8. The van der Waals surface area contributed by atoms with Crippen molar-refractivity contribution in [2.24, 2.45) is 11.8 Å². The maximum absolute atomic E-state index is 12.9. The van der Waals surface area contributed by atoms with Gasteiger partial charge in [0.2, 0.25) is 5.91 Å². The van der Waals surface area contributed by atoms with Gasteiger partial charge in [-0.2, -0.15) is 14.6 Å². The zero-order valence-corrected chi connectivity index (χ0v) is 16.5. The summed E-state index contributed by atoms with van der Waals surface area (Å²) < 4.78 is 1.83. The topological polar surface area (TPSA) is 66.6 Å². The summed E-state index contributed by atoms with van der Waals surface area (Å²) in [5.41, 5.74) is 1.06. The molecule has 146 valence electrons. The average Bonchev–Trinajstić information content (AvgIpc) is 3.16. The van der Waals surface area contributed by atoms with Crippen LogP contribution in [0.1, 0.15) is 51.6 Å². The number of nitrogens with zero attached hydrogens (tertiary/aromatic N) is 6. The van der Waals surface area contributed by atoms with E-state index in [1.807, 2.05) is 4.52 Å². The Bertz CT molecular complexity index is 795. The number of piperidine rings is 2. The van der Waals surface area contributed by atoms with Crippen molar-refractivity contribution in [1.82, 2.24) is 24.5 Å². The smallest absolute Gasteiger partial charge is 0.254 e. The molecule has 0 bridgehead atoms. The monoisotopic (exact) mass is 370 g/mol. The van der Waals surface area contributed by atoms with Crippen molar-refractivity contribution < 1.29 is 4.79 Å². The Hall–Kier alpha value is -2.18. The molecule has 1 unspecified atom stereocenters. The van der Waals surface area contributed by atoms with Crippen LogP contribution in [0.2, 0.25) is 0 Å². The number of fused-ring (bicyclic) bond motifs is 1. The third kappa shape index (κ3) is 3.77. The van der Waals surface area contributed by atoms with Crippen LogP contribution in [0.15, 0.2) is 12.4 Å². The fourth-order valence-corrected chi connectivity index (χ4v) is 4.46. The van der Waals surface area contributed by atoms with Crippen molar-refractivity contribution in [2.75, 3.05) is 31.1 Å². The molecule has 0 aromatic carbocycles. The molecule has 2 saturated heterocycles. The quantitative estimate of drug-likeness (QED) is 0.827. The Morgan fingerprint density at radius 3 is 2.78 bits per heavy atom. The zero-order valence-electron chi connectivity index (χ0n) is 16.5. The van der Waals surface area contributed by atoms with E-state index in [1.54, 1.807) is 6.33 Å². The maximum atomic E-state index is 12.9. The van der Waals surface area contributed by atoms with Gasteiger partial charge in [-0.15, -0.1) is 0 Å². The molecule has 4 heterocycles. The molecule has 7 heteroatoms. The Morgan fingerprint density at radius 1 is 1.22 bits per heavy atom. The van der Waals surface area contributed by atoms with Crippen LogP contribution in [0.5, 0.6) is 0 Å². The van der Waals surface area contributed by atoms with Gasteiger partial charge < -0.3 is 9.80 Å². The number of rotatable bonds is 4. The van der Waals surface area contributed by atoms with Gasteiger partial charge >= 0.3 is 0 Å². The van der Waals surface area contributed by atoms with Crippen molar-refractivity contribution in [3.05, 3.63) is 18.1 Å². The van der Waals surface area contributed by atoms with Crippen molar-refractivity contribution >= 4 is 17.5 Å². The summed E-state index contributed by atoms with van der Waals surface area (Å²) in [5.74, 6) is 2.88. The number of amides is 1. The number of aromatic nitrogens is 4. The first-order valence-electron chi connectivity index (χ1n) is 10.4. The van der Waals surface area contributed by atoms with Gasteiger partial charge in [0.15, 0.2) is 0 Å². The predicted molar refractivity (Wildman–Crippen MR) is 105 cm³/mol. The molecule has 2 aromatic rings. The number of hydrogen-bond acceptors (Lipinski definition) is 5. The molecule has 2 aromatic heterocycles. The normalized spacial score (nSPS) is 21.8. The van der Waals surface area contributed by atoms with E-state index < -0.39 is 0 Å². The first kappa shape index (κ1) is 18.2. The first-order chi connectivity index (χ1) is 13.2. The molecule has 0 aliphatic carbocycles. The minimum atomic E-state index is 0.162. The van der Waals surface area contributed by atoms with Gasteiger partial charge in [0.05, 0.1) is 0 Å². The van der Waals surface area contributed by atoms with Gasteiger partial charge in [-0.1, -0.05) is 20.3 Å². The molecule has 2 fully saturated rings. The Morgan fingerprint density at radius 2 is 2.04 bits per heavy atom. The summed E-state index contributed by atoms with van der Waals surface area (Å²) >= 11 is 0. The van der Waals surface area contributed by atoms with Crippen LogP contribution < -0.4 is 4.90 Å². The van der Waals surface area contributed by atoms with Crippen molar-refractivity contribution in [2.45, 2.75) is 52.4 Å². The van der Waals surface area contributed by atoms with Crippen LogP contribution in [-0.4, -0.2) is 56.6 Å². The lowest BCUT2D eigenvalue weighted by Crippen LogP contribution is -2.46.